The Kier molecular flexibility index (Phi) is 6.64. The Morgan fingerprint density at radius 3 is 2.59 bits per heavy atom. The van der Waals surface area contributed by atoms with Crippen LogP contribution in [-0.4, -0.2) is 6.54 Å². The van der Waals surface area contributed by atoms with E-state index < -0.39 is 0 Å². The van der Waals surface area contributed by atoms with Crippen LogP contribution in [0.3, 0.4) is 0 Å². The number of unbranched alkanes of at least 4 members (excludes halogenated alkanes) is 1. The van der Waals surface area contributed by atoms with Crippen LogP contribution >= 0.6 is 0 Å². The maximum absolute atomic E-state index is 3.78. The van der Waals surface area contributed by atoms with Crippen molar-refractivity contribution in [1.29, 1.82) is 0 Å². The van der Waals surface area contributed by atoms with Gasteiger partial charge in [0.2, 0.25) is 0 Å². The SMILES string of the molecule is C=CCCCC(NCCC)c1ccc(C)cc1. The van der Waals surface area contributed by atoms with Gasteiger partial charge in [-0.15, -0.1) is 6.58 Å². The van der Waals surface area contributed by atoms with E-state index in [9.17, 15) is 0 Å². The van der Waals surface area contributed by atoms with E-state index in [1.165, 1.54) is 30.4 Å². The lowest BCUT2D eigenvalue weighted by Crippen LogP contribution is -2.22. The van der Waals surface area contributed by atoms with Crippen LogP contribution in [0.4, 0.5) is 0 Å². The molecular weight excluding hydrogens is 206 g/mol. The van der Waals surface area contributed by atoms with Gasteiger partial charge in [-0.2, -0.15) is 0 Å². The number of hydrogen-bond donors (Lipinski definition) is 1. The fraction of sp³-hybridized carbons (Fsp3) is 0.500. The number of nitrogens with one attached hydrogen (secondary N) is 1. The van der Waals surface area contributed by atoms with Gasteiger partial charge in [0.1, 0.15) is 0 Å². The van der Waals surface area contributed by atoms with E-state index in [1.54, 1.807) is 0 Å². The molecule has 1 N–H and O–H groups in total. The summed E-state index contributed by atoms with van der Waals surface area (Å²) in [5.41, 5.74) is 2.74. The fourth-order valence-corrected chi connectivity index (χ4v) is 1.97. The summed E-state index contributed by atoms with van der Waals surface area (Å²) < 4.78 is 0. The molecule has 0 heterocycles. The third-order valence-electron chi connectivity index (χ3n) is 3.02. The average molecular weight is 231 g/mol. The Labute approximate surface area is 106 Å². The first-order valence-electron chi connectivity index (χ1n) is 6.68. The summed E-state index contributed by atoms with van der Waals surface area (Å²) in [6.07, 6.45) is 6.69. The van der Waals surface area contributed by atoms with Crippen molar-refractivity contribution in [3.8, 4) is 0 Å². The number of rotatable bonds is 8. The van der Waals surface area contributed by atoms with Gasteiger partial charge in [0.15, 0.2) is 0 Å². The highest BCUT2D eigenvalue weighted by Gasteiger charge is 2.09. The molecule has 0 saturated heterocycles. The molecule has 0 bridgehead atoms. The zero-order valence-corrected chi connectivity index (χ0v) is 11.2. The fourth-order valence-electron chi connectivity index (χ4n) is 1.97. The van der Waals surface area contributed by atoms with Gasteiger partial charge in [-0.05, 0) is 44.7 Å². The standard InChI is InChI=1S/C16H25N/c1-4-6-7-8-16(17-13-5-2)15-11-9-14(3)10-12-15/h4,9-12,16-17H,1,5-8,13H2,2-3H3. The third-order valence-corrected chi connectivity index (χ3v) is 3.02. The molecule has 1 heteroatoms. The Morgan fingerprint density at radius 2 is 2.00 bits per heavy atom. The topological polar surface area (TPSA) is 12.0 Å². The second kappa shape index (κ2) is 8.08. The summed E-state index contributed by atoms with van der Waals surface area (Å²) in [6.45, 7) is 9.22. The van der Waals surface area contributed by atoms with Crippen LogP contribution in [0.25, 0.3) is 0 Å². The van der Waals surface area contributed by atoms with Crippen molar-refractivity contribution in [2.45, 2.75) is 45.6 Å². The smallest absolute Gasteiger partial charge is 0.0320 e. The van der Waals surface area contributed by atoms with Gasteiger partial charge in [-0.3, -0.25) is 0 Å². The van der Waals surface area contributed by atoms with Gasteiger partial charge in [0.25, 0.3) is 0 Å². The lowest BCUT2D eigenvalue weighted by Gasteiger charge is -2.19. The minimum atomic E-state index is 0.496. The van der Waals surface area contributed by atoms with Gasteiger partial charge in [-0.25, -0.2) is 0 Å². The van der Waals surface area contributed by atoms with Crippen molar-refractivity contribution in [1.82, 2.24) is 5.32 Å². The first-order chi connectivity index (χ1) is 8.27. The molecule has 1 aromatic carbocycles. The molecule has 0 aliphatic carbocycles. The molecule has 0 aliphatic rings. The number of benzene rings is 1. The zero-order valence-electron chi connectivity index (χ0n) is 11.2. The van der Waals surface area contributed by atoms with Crippen LogP contribution in [0, 0.1) is 6.92 Å². The van der Waals surface area contributed by atoms with Crippen LogP contribution in [0.2, 0.25) is 0 Å². The zero-order chi connectivity index (χ0) is 12.5. The summed E-state index contributed by atoms with van der Waals surface area (Å²) >= 11 is 0. The van der Waals surface area contributed by atoms with Gasteiger partial charge < -0.3 is 5.32 Å². The van der Waals surface area contributed by atoms with E-state index in [0.717, 1.165) is 13.0 Å². The molecule has 0 aromatic heterocycles. The molecule has 94 valence electrons. The van der Waals surface area contributed by atoms with Crippen molar-refractivity contribution in [2.24, 2.45) is 0 Å². The molecule has 1 rings (SSSR count). The van der Waals surface area contributed by atoms with Crippen molar-refractivity contribution in [2.75, 3.05) is 6.54 Å². The van der Waals surface area contributed by atoms with Crippen LogP contribution in [0.5, 0.6) is 0 Å². The average Bonchev–Trinajstić information content (AvgIpc) is 2.35. The van der Waals surface area contributed by atoms with E-state index in [-0.39, 0.29) is 0 Å². The van der Waals surface area contributed by atoms with E-state index in [4.69, 9.17) is 0 Å². The third kappa shape index (κ3) is 5.18. The van der Waals surface area contributed by atoms with Crippen molar-refractivity contribution in [3.63, 3.8) is 0 Å². The summed E-state index contributed by atoms with van der Waals surface area (Å²) in [6, 6.07) is 9.38. The van der Waals surface area contributed by atoms with E-state index in [2.05, 4.69) is 50.0 Å². The van der Waals surface area contributed by atoms with Crippen LogP contribution in [-0.2, 0) is 0 Å². The predicted molar refractivity (Wildman–Crippen MR) is 76.3 cm³/mol. The summed E-state index contributed by atoms with van der Waals surface area (Å²) in [5.74, 6) is 0. The molecule has 0 radical (unpaired) electrons. The molecule has 0 aliphatic heterocycles. The summed E-state index contributed by atoms with van der Waals surface area (Å²) in [5, 5.41) is 3.63. The molecule has 0 amide bonds. The second-order valence-corrected chi connectivity index (χ2v) is 4.64. The molecule has 0 spiro atoms. The molecule has 0 saturated carbocycles. The largest absolute Gasteiger partial charge is 0.310 e. The lowest BCUT2D eigenvalue weighted by molar-refractivity contribution is 0.486. The second-order valence-electron chi connectivity index (χ2n) is 4.64. The van der Waals surface area contributed by atoms with Gasteiger partial charge >= 0.3 is 0 Å². The predicted octanol–water partition coefficient (Wildman–Crippen LogP) is 4.39. The van der Waals surface area contributed by atoms with Gasteiger partial charge in [0.05, 0.1) is 0 Å². The molecule has 1 aromatic rings. The van der Waals surface area contributed by atoms with Crippen LogP contribution in [0.1, 0.15) is 49.8 Å². The maximum atomic E-state index is 3.78. The number of aryl methyl sites for hydroxylation is 1. The van der Waals surface area contributed by atoms with Crippen molar-refractivity contribution < 1.29 is 0 Å². The van der Waals surface area contributed by atoms with Crippen molar-refractivity contribution in [3.05, 3.63) is 48.0 Å². The normalized spacial score (nSPS) is 12.4. The molecule has 17 heavy (non-hydrogen) atoms. The lowest BCUT2D eigenvalue weighted by atomic mass is 10.00. The van der Waals surface area contributed by atoms with Crippen LogP contribution < -0.4 is 5.32 Å². The van der Waals surface area contributed by atoms with E-state index in [1.807, 2.05) is 6.08 Å². The van der Waals surface area contributed by atoms with E-state index in [0.29, 0.717) is 6.04 Å². The Bertz CT molecular complexity index is 313. The minimum Gasteiger partial charge on any atom is -0.310 e. The Hall–Kier alpha value is -1.08. The maximum Gasteiger partial charge on any atom is 0.0320 e. The molecule has 1 atom stereocenters. The quantitative estimate of drug-likeness (QED) is 0.517. The highest BCUT2D eigenvalue weighted by molar-refractivity contribution is 5.24. The molecule has 1 nitrogen and oxygen atoms in total. The summed E-state index contributed by atoms with van der Waals surface area (Å²) in [7, 11) is 0. The number of hydrogen-bond acceptors (Lipinski definition) is 1. The Morgan fingerprint density at radius 1 is 1.29 bits per heavy atom. The minimum absolute atomic E-state index is 0.496. The van der Waals surface area contributed by atoms with E-state index >= 15 is 0 Å². The Balaban J connectivity index is 2.60. The van der Waals surface area contributed by atoms with Gasteiger partial charge in [-0.1, -0.05) is 42.8 Å². The van der Waals surface area contributed by atoms with Crippen LogP contribution in [0.15, 0.2) is 36.9 Å². The first kappa shape index (κ1) is 14.0. The summed E-state index contributed by atoms with van der Waals surface area (Å²) in [4.78, 5) is 0. The highest BCUT2D eigenvalue weighted by Crippen LogP contribution is 2.20. The molecule has 0 fully saturated rings. The monoisotopic (exact) mass is 231 g/mol. The number of allylic oxidation sites excluding steroid dienone is 1. The molecular formula is C16H25N. The van der Waals surface area contributed by atoms with Gasteiger partial charge in [0, 0.05) is 6.04 Å². The highest BCUT2D eigenvalue weighted by atomic mass is 14.9. The van der Waals surface area contributed by atoms with Crippen molar-refractivity contribution >= 4 is 0 Å². The molecule has 1 unspecified atom stereocenters. The first-order valence-corrected chi connectivity index (χ1v) is 6.68.